The fourth-order valence-electron chi connectivity index (χ4n) is 9.98. The molecule has 3 heteroatoms. The third-order valence-electron chi connectivity index (χ3n) is 13.1. The molecule has 13 aromatic rings. The summed E-state index contributed by atoms with van der Waals surface area (Å²) in [6.07, 6.45) is 0. The minimum absolute atomic E-state index is 0.861. The molecule has 0 atom stereocenters. The molecule has 0 saturated heterocycles. The number of benzene rings is 11. The van der Waals surface area contributed by atoms with Crippen molar-refractivity contribution < 1.29 is 4.42 Å². The van der Waals surface area contributed by atoms with Crippen molar-refractivity contribution in [2.75, 3.05) is 4.90 Å². The van der Waals surface area contributed by atoms with Gasteiger partial charge in [0.15, 0.2) is 0 Å². The van der Waals surface area contributed by atoms with E-state index in [1.54, 1.807) is 0 Å². The van der Waals surface area contributed by atoms with Crippen LogP contribution in [0.25, 0.3) is 108 Å². The van der Waals surface area contributed by atoms with Gasteiger partial charge >= 0.3 is 0 Å². The molecule has 11 aromatic carbocycles. The van der Waals surface area contributed by atoms with E-state index < -0.39 is 0 Å². The average molecular weight is 846 g/mol. The van der Waals surface area contributed by atoms with E-state index in [0.29, 0.717) is 0 Å². The van der Waals surface area contributed by atoms with Crippen LogP contribution in [0.4, 0.5) is 17.1 Å². The van der Waals surface area contributed by atoms with E-state index in [4.69, 9.17) is 4.42 Å². The lowest BCUT2D eigenvalue weighted by molar-refractivity contribution is 0.673. The Bertz CT molecular complexity index is 3920. The minimum atomic E-state index is 0.861. The highest BCUT2D eigenvalue weighted by atomic mass is 32.1. The molecule has 0 aliphatic heterocycles. The second-order valence-corrected chi connectivity index (χ2v) is 17.8. The Labute approximate surface area is 380 Å². The molecule has 65 heavy (non-hydrogen) atoms. The topological polar surface area (TPSA) is 16.4 Å². The molecule has 2 aromatic heterocycles. The smallest absolute Gasteiger partial charge is 0.143 e. The lowest BCUT2D eigenvalue weighted by Gasteiger charge is -2.28. The zero-order valence-electron chi connectivity index (χ0n) is 35.3. The molecule has 0 saturated carbocycles. The summed E-state index contributed by atoms with van der Waals surface area (Å²) in [5.74, 6) is 0. The largest absolute Gasteiger partial charge is 0.455 e. The van der Waals surface area contributed by atoms with Crippen LogP contribution in [0.15, 0.2) is 241 Å². The lowest BCUT2D eigenvalue weighted by Crippen LogP contribution is -2.10. The summed E-state index contributed by atoms with van der Waals surface area (Å²) in [6.45, 7) is 0. The van der Waals surface area contributed by atoms with Gasteiger partial charge in [0.25, 0.3) is 0 Å². The van der Waals surface area contributed by atoms with Crippen molar-refractivity contribution in [1.82, 2.24) is 0 Å². The second-order valence-electron chi connectivity index (χ2n) is 16.8. The molecule has 0 bridgehead atoms. The van der Waals surface area contributed by atoms with Gasteiger partial charge in [-0.1, -0.05) is 194 Å². The Hall–Kier alpha value is -8.24. The van der Waals surface area contributed by atoms with Crippen LogP contribution in [0, 0.1) is 0 Å². The molecule has 0 amide bonds. The van der Waals surface area contributed by atoms with Crippen LogP contribution in [0.5, 0.6) is 0 Å². The SMILES string of the molecule is c1ccc(-c2ccc(-c3cc(-c4cccc5ccccc45)cc4oc5c6ccccc6c(N(c6ccc(-c7ccccc7)cc6)c6cccc7c6sc6ccccc67)cc5c34)cc2)cc1. The standard InChI is InChI=1S/C62H39NOS/c1-3-15-40(16-4-1)42-29-31-45(32-30-42)54-37-46(49-25-13-20-44-19-7-8-21-48(44)49)38-58-60(54)55-39-57(50-22-9-10-24-52(50)61(55)64-58)63(47-35-33-43(34-36-47)41-17-5-2-6-18-41)56-27-14-26-53-51-23-11-12-28-59(51)65-62(53)56/h1-39H. The van der Waals surface area contributed by atoms with Gasteiger partial charge in [-0.15, -0.1) is 11.3 Å². The highest BCUT2D eigenvalue weighted by Gasteiger charge is 2.25. The summed E-state index contributed by atoms with van der Waals surface area (Å²) < 4.78 is 9.73. The third kappa shape index (κ3) is 6.24. The molecule has 13 rings (SSSR count). The Morgan fingerprint density at radius 1 is 0.338 bits per heavy atom. The van der Waals surface area contributed by atoms with E-state index in [9.17, 15) is 0 Å². The maximum absolute atomic E-state index is 7.20. The first kappa shape index (κ1) is 37.3. The van der Waals surface area contributed by atoms with E-state index in [-0.39, 0.29) is 0 Å². The molecular weight excluding hydrogens is 807 g/mol. The summed E-state index contributed by atoms with van der Waals surface area (Å²) in [4.78, 5) is 2.48. The van der Waals surface area contributed by atoms with Gasteiger partial charge in [-0.05, 0) is 97.7 Å². The highest BCUT2D eigenvalue weighted by molar-refractivity contribution is 7.26. The second kappa shape index (κ2) is 15.2. The summed E-state index contributed by atoms with van der Waals surface area (Å²) in [6, 6.07) is 85.9. The predicted molar refractivity (Wildman–Crippen MR) is 278 cm³/mol. The van der Waals surface area contributed by atoms with Crippen molar-refractivity contribution in [2.45, 2.75) is 0 Å². The Morgan fingerprint density at radius 2 is 0.908 bits per heavy atom. The summed E-state index contributed by atoms with van der Waals surface area (Å²) in [7, 11) is 0. The Kier molecular flexibility index (Phi) is 8.75. The van der Waals surface area contributed by atoms with Crippen molar-refractivity contribution in [3.63, 3.8) is 0 Å². The minimum Gasteiger partial charge on any atom is -0.455 e. The number of rotatable bonds is 7. The molecule has 0 spiro atoms. The van der Waals surface area contributed by atoms with Gasteiger partial charge in [-0.3, -0.25) is 0 Å². The number of hydrogen-bond donors (Lipinski definition) is 0. The van der Waals surface area contributed by atoms with Crippen LogP contribution in [-0.2, 0) is 0 Å². The van der Waals surface area contributed by atoms with Crippen LogP contribution in [0.3, 0.4) is 0 Å². The fraction of sp³-hybridized carbons (Fsp3) is 0. The first-order valence-electron chi connectivity index (χ1n) is 22.2. The van der Waals surface area contributed by atoms with Crippen molar-refractivity contribution in [2.24, 2.45) is 0 Å². The number of hydrogen-bond acceptors (Lipinski definition) is 3. The fourth-order valence-corrected chi connectivity index (χ4v) is 11.2. The van der Waals surface area contributed by atoms with E-state index in [1.165, 1.54) is 58.8 Å². The van der Waals surface area contributed by atoms with Crippen molar-refractivity contribution in [3.05, 3.63) is 237 Å². The van der Waals surface area contributed by atoms with Gasteiger partial charge in [0.1, 0.15) is 11.2 Å². The molecule has 2 heterocycles. The van der Waals surface area contributed by atoms with E-state index in [1.807, 2.05) is 11.3 Å². The quantitative estimate of drug-likeness (QED) is 0.159. The number of anilines is 3. The maximum atomic E-state index is 7.20. The van der Waals surface area contributed by atoms with Crippen molar-refractivity contribution in [1.29, 1.82) is 0 Å². The van der Waals surface area contributed by atoms with Crippen LogP contribution in [0.1, 0.15) is 0 Å². The zero-order chi connectivity index (χ0) is 42.8. The molecule has 0 aliphatic carbocycles. The van der Waals surface area contributed by atoms with Crippen LogP contribution >= 0.6 is 11.3 Å². The average Bonchev–Trinajstić information content (AvgIpc) is 3.96. The van der Waals surface area contributed by atoms with Gasteiger partial charge in [-0.25, -0.2) is 0 Å². The van der Waals surface area contributed by atoms with Crippen LogP contribution in [0.2, 0.25) is 0 Å². The highest BCUT2D eigenvalue weighted by Crippen LogP contribution is 2.50. The van der Waals surface area contributed by atoms with Gasteiger partial charge in [0, 0.05) is 42.7 Å². The number of nitrogens with zero attached hydrogens (tertiary/aromatic N) is 1. The van der Waals surface area contributed by atoms with E-state index in [0.717, 1.165) is 66.5 Å². The molecule has 0 radical (unpaired) electrons. The number of furan rings is 1. The molecule has 0 aliphatic rings. The van der Waals surface area contributed by atoms with Crippen molar-refractivity contribution in [3.8, 4) is 44.5 Å². The summed E-state index contributed by atoms with van der Waals surface area (Å²) >= 11 is 1.86. The van der Waals surface area contributed by atoms with Gasteiger partial charge in [0.05, 0.1) is 16.1 Å². The number of thiophene rings is 1. The van der Waals surface area contributed by atoms with E-state index in [2.05, 4.69) is 241 Å². The number of fused-ring (bicyclic) bond motifs is 9. The molecule has 0 fully saturated rings. The molecule has 0 unspecified atom stereocenters. The summed E-state index contributed by atoms with van der Waals surface area (Å²) in [5, 5.41) is 9.33. The van der Waals surface area contributed by atoms with Crippen LogP contribution < -0.4 is 4.90 Å². The zero-order valence-corrected chi connectivity index (χ0v) is 36.1. The third-order valence-corrected chi connectivity index (χ3v) is 14.3. The molecule has 0 N–H and O–H groups in total. The molecule has 2 nitrogen and oxygen atoms in total. The van der Waals surface area contributed by atoms with Gasteiger partial charge in [0.2, 0.25) is 0 Å². The predicted octanol–water partition coefficient (Wildman–Crippen LogP) is 18.4. The summed E-state index contributed by atoms with van der Waals surface area (Å²) in [5.41, 5.74) is 14.4. The Balaban J connectivity index is 1.10. The first-order chi connectivity index (χ1) is 32.2. The molecule has 304 valence electrons. The van der Waals surface area contributed by atoms with Crippen molar-refractivity contribution >= 4 is 92.1 Å². The van der Waals surface area contributed by atoms with Crippen LogP contribution in [-0.4, -0.2) is 0 Å². The maximum Gasteiger partial charge on any atom is 0.143 e. The van der Waals surface area contributed by atoms with Gasteiger partial charge in [-0.2, -0.15) is 0 Å². The molecular formula is C62H39NOS. The normalized spacial score (nSPS) is 11.7. The monoisotopic (exact) mass is 845 g/mol. The van der Waals surface area contributed by atoms with Gasteiger partial charge < -0.3 is 9.32 Å². The first-order valence-corrected chi connectivity index (χ1v) is 23.0. The Morgan fingerprint density at radius 3 is 1.66 bits per heavy atom. The van der Waals surface area contributed by atoms with E-state index >= 15 is 0 Å². The lowest BCUT2D eigenvalue weighted by atomic mass is 9.91.